The van der Waals surface area contributed by atoms with Crippen LogP contribution in [0.5, 0.6) is 0 Å². The Morgan fingerprint density at radius 3 is 1.31 bits per heavy atom. The Morgan fingerprint density at radius 2 is 1.10 bits per heavy atom. The van der Waals surface area contributed by atoms with Crippen molar-refractivity contribution in [1.82, 2.24) is 0 Å². The lowest BCUT2D eigenvalue weighted by Crippen LogP contribution is -2.38. The predicted molar refractivity (Wildman–Crippen MR) is 110 cm³/mol. The van der Waals surface area contributed by atoms with E-state index in [1.807, 2.05) is 55.4 Å². The van der Waals surface area contributed by atoms with Gasteiger partial charge in [-0.3, -0.25) is 14.4 Å². The van der Waals surface area contributed by atoms with E-state index in [0.717, 1.165) is 12.8 Å². The third-order valence-electron chi connectivity index (χ3n) is 3.99. The van der Waals surface area contributed by atoms with Crippen LogP contribution in [-0.4, -0.2) is 49.4 Å². The molecule has 0 atom stereocenters. The van der Waals surface area contributed by atoms with Crippen molar-refractivity contribution >= 4 is 17.9 Å². The van der Waals surface area contributed by atoms with Gasteiger partial charge in [-0.1, -0.05) is 41.5 Å². The molecule has 1 saturated carbocycles. The molecule has 1 saturated heterocycles. The van der Waals surface area contributed by atoms with Gasteiger partial charge >= 0.3 is 17.9 Å². The molecule has 0 aromatic rings. The van der Waals surface area contributed by atoms with Crippen molar-refractivity contribution in [3.05, 3.63) is 0 Å². The number of ether oxygens (including phenoxy) is 4. The summed E-state index contributed by atoms with van der Waals surface area (Å²) in [5.74, 6) is -0.309. The molecule has 0 N–H and O–H groups in total. The third kappa shape index (κ3) is 13.3. The van der Waals surface area contributed by atoms with Gasteiger partial charge in [-0.2, -0.15) is 0 Å². The van der Waals surface area contributed by atoms with E-state index in [2.05, 4.69) is 0 Å². The van der Waals surface area contributed by atoms with Crippen LogP contribution in [0.25, 0.3) is 0 Å². The molecular weight excluding hydrogens is 376 g/mol. The molecule has 2 rings (SSSR count). The normalized spacial score (nSPS) is 16.1. The molecule has 0 spiro atoms. The zero-order valence-corrected chi connectivity index (χ0v) is 19.4. The summed E-state index contributed by atoms with van der Waals surface area (Å²) in [5, 5.41) is 0. The van der Waals surface area contributed by atoms with Crippen molar-refractivity contribution < 1.29 is 33.3 Å². The van der Waals surface area contributed by atoms with Crippen LogP contribution in [0.4, 0.5) is 0 Å². The van der Waals surface area contributed by atoms with Gasteiger partial charge in [0.2, 0.25) is 0 Å². The highest BCUT2D eigenvalue weighted by molar-refractivity contribution is 5.72. The van der Waals surface area contributed by atoms with E-state index in [9.17, 15) is 14.4 Å². The van der Waals surface area contributed by atoms with E-state index in [4.69, 9.17) is 18.9 Å². The summed E-state index contributed by atoms with van der Waals surface area (Å²) in [4.78, 5) is 32.5. The molecule has 0 radical (unpaired) electrons. The fourth-order valence-electron chi connectivity index (χ4n) is 1.74. The minimum atomic E-state index is -0.131. The van der Waals surface area contributed by atoms with Crippen LogP contribution in [0, 0.1) is 17.8 Å². The molecule has 7 heteroatoms. The molecule has 2 aliphatic rings. The predicted octanol–water partition coefficient (Wildman–Crippen LogP) is 3.92. The number of hydrogen-bond donors (Lipinski definition) is 0. The van der Waals surface area contributed by atoms with E-state index in [1.54, 1.807) is 0 Å². The molecule has 0 unspecified atom stereocenters. The van der Waals surface area contributed by atoms with Crippen molar-refractivity contribution in [1.29, 1.82) is 0 Å². The first-order valence-electron chi connectivity index (χ1n) is 10.6. The molecule has 0 aromatic carbocycles. The van der Waals surface area contributed by atoms with Crippen molar-refractivity contribution in [2.75, 3.05) is 13.2 Å². The van der Waals surface area contributed by atoms with Crippen LogP contribution in [-0.2, 0) is 33.3 Å². The van der Waals surface area contributed by atoms with Crippen molar-refractivity contribution in [3.63, 3.8) is 0 Å². The lowest BCUT2D eigenvalue weighted by molar-refractivity contribution is -0.175. The average molecular weight is 417 g/mol. The van der Waals surface area contributed by atoms with Crippen LogP contribution in [0.1, 0.15) is 74.7 Å². The summed E-state index contributed by atoms with van der Waals surface area (Å²) in [6.45, 7) is 15.8. The third-order valence-corrected chi connectivity index (χ3v) is 3.99. The molecule has 1 heterocycles. The average Bonchev–Trinajstić information content (AvgIpc) is 2.54. The second kappa shape index (κ2) is 14.4. The Bertz CT molecular complexity index is 457. The summed E-state index contributed by atoms with van der Waals surface area (Å²) < 4.78 is 19.8. The van der Waals surface area contributed by atoms with Gasteiger partial charge in [0.05, 0.1) is 37.1 Å². The molecule has 0 amide bonds. The fourth-order valence-corrected chi connectivity index (χ4v) is 1.74. The fraction of sp³-hybridized carbons (Fsp3) is 0.864. The molecule has 7 nitrogen and oxygen atoms in total. The largest absolute Gasteiger partial charge is 0.463 e. The summed E-state index contributed by atoms with van der Waals surface area (Å²) in [6.07, 6.45) is 3.64. The molecule has 29 heavy (non-hydrogen) atoms. The quantitative estimate of drug-likeness (QED) is 0.479. The lowest BCUT2D eigenvalue weighted by Gasteiger charge is -2.26. The Kier molecular flexibility index (Phi) is 13.6. The summed E-state index contributed by atoms with van der Waals surface area (Å²) in [7, 11) is 0. The molecule has 0 aromatic heterocycles. The van der Waals surface area contributed by atoms with Gasteiger partial charge in [0.15, 0.2) is 0 Å². The minimum absolute atomic E-state index is 0.00704. The number of esters is 3. The maximum Gasteiger partial charge on any atom is 0.308 e. The Hall–Kier alpha value is -1.63. The first kappa shape index (κ1) is 27.4. The van der Waals surface area contributed by atoms with Crippen LogP contribution in [0.2, 0.25) is 0 Å². The van der Waals surface area contributed by atoms with E-state index < -0.39 is 0 Å². The van der Waals surface area contributed by atoms with Gasteiger partial charge in [0.25, 0.3) is 0 Å². The minimum Gasteiger partial charge on any atom is -0.463 e. The number of rotatable bonds is 6. The summed E-state index contributed by atoms with van der Waals surface area (Å²) >= 11 is 0. The van der Waals surface area contributed by atoms with Crippen molar-refractivity contribution in [2.24, 2.45) is 17.8 Å². The second-order valence-electron chi connectivity index (χ2n) is 8.54. The number of carbonyl (C=O) groups is 3. The smallest absolute Gasteiger partial charge is 0.308 e. The zero-order chi connectivity index (χ0) is 22.6. The van der Waals surface area contributed by atoms with E-state index in [1.165, 1.54) is 6.42 Å². The highest BCUT2D eigenvalue weighted by atomic mass is 16.6. The van der Waals surface area contributed by atoms with Gasteiger partial charge in [0.1, 0.15) is 12.2 Å². The summed E-state index contributed by atoms with van der Waals surface area (Å²) in [5.41, 5.74) is 0. The van der Waals surface area contributed by atoms with Crippen LogP contribution in [0.15, 0.2) is 0 Å². The lowest BCUT2D eigenvalue weighted by atomic mass is 9.96. The topological polar surface area (TPSA) is 88.1 Å². The standard InChI is InChI=1S/C8H14O2.C7H12O3.C7H14O2/c1-6(2)8(9)10-7-4-3-5-7;1-5(2)7(8)10-6-3-9-4-6;1-5(2)7(8)9-6(3)4/h6-7H,3-5H2,1-2H3;5-6H,3-4H2,1-2H3;5-6H,1-4H3. The van der Waals surface area contributed by atoms with Gasteiger partial charge in [-0.05, 0) is 33.1 Å². The Labute approximate surface area is 175 Å². The summed E-state index contributed by atoms with van der Waals surface area (Å²) in [6, 6.07) is 0. The van der Waals surface area contributed by atoms with Crippen LogP contribution in [0.3, 0.4) is 0 Å². The highest BCUT2D eigenvalue weighted by Gasteiger charge is 2.24. The molecular formula is C22H40O7. The van der Waals surface area contributed by atoms with Gasteiger partial charge in [-0.15, -0.1) is 0 Å². The molecule has 2 fully saturated rings. The monoisotopic (exact) mass is 416 g/mol. The van der Waals surface area contributed by atoms with E-state index >= 15 is 0 Å². The molecule has 1 aliphatic carbocycles. The van der Waals surface area contributed by atoms with Crippen LogP contribution >= 0.6 is 0 Å². The molecule has 1 aliphatic heterocycles. The van der Waals surface area contributed by atoms with Gasteiger partial charge in [0, 0.05) is 0 Å². The van der Waals surface area contributed by atoms with Crippen molar-refractivity contribution in [2.45, 2.75) is 93.0 Å². The first-order chi connectivity index (χ1) is 13.4. The molecule has 170 valence electrons. The van der Waals surface area contributed by atoms with Gasteiger partial charge in [-0.25, -0.2) is 0 Å². The number of carbonyl (C=O) groups excluding carboxylic acids is 3. The zero-order valence-electron chi connectivity index (χ0n) is 19.4. The van der Waals surface area contributed by atoms with E-state index in [0.29, 0.717) is 13.2 Å². The highest BCUT2D eigenvalue weighted by Crippen LogP contribution is 2.22. The Balaban J connectivity index is 0.000000407. The Morgan fingerprint density at radius 1 is 0.690 bits per heavy atom. The van der Waals surface area contributed by atoms with Crippen LogP contribution < -0.4 is 0 Å². The van der Waals surface area contributed by atoms with E-state index in [-0.39, 0.29) is 54.0 Å². The van der Waals surface area contributed by atoms with Crippen molar-refractivity contribution in [3.8, 4) is 0 Å². The SMILES string of the molecule is CC(C)C(=O)OC1CCC1.CC(C)C(=O)OC1COC1.CC(C)OC(=O)C(C)C. The second-order valence-corrected chi connectivity index (χ2v) is 8.54. The number of hydrogen-bond acceptors (Lipinski definition) is 7. The van der Waals surface area contributed by atoms with Gasteiger partial charge < -0.3 is 18.9 Å². The maximum absolute atomic E-state index is 10.9. The molecule has 0 bridgehead atoms. The maximum atomic E-state index is 10.9. The first-order valence-corrected chi connectivity index (χ1v) is 10.6.